The second-order valence-electron chi connectivity index (χ2n) is 15.7. The highest BCUT2D eigenvalue weighted by Crippen LogP contribution is 2.56. The van der Waals surface area contributed by atoms with Crippen molar-refractivity contribution >= 4 is 17.9 Å². The van der Waals surface area contributed by atoms with Crippen LogP contribution in [0.4, 0.5) is 4.79 Å². The number of nitrogens with one attached hydrogen (secondary N) is 4. The van der Waals surface area contributed by atoms with Gasteiger partial charge in [0.2, 0.25) is 11.8 Å². The van der Waals surface area contributed by atoms with Crippen molar-refractivity contribution in [3.63, 3.8) is 0 Å². The molecule has 8 atom stereocenters. The topological polar surface area (TPSA) is 167 Å². The molecule has 4 unspecified atom stereocenters. The predicted octanol–water partition coefficient (Wildman–Crippen LogP) is 6.96. The standard InChI is InChI=1S/C44H50N8O5/c1-25(33-7-5-19-45-22-33)48-42(53)38-32-18-17-31(21-32)37(38)41-47-24-35(50-41)30-15-11-28(12-16-30)27-9-13-29(14-10-27)34-23-46-40(49-34)36-8-6-20-52(36)43(54)39(26(2)56-3)51-44(55)57-4/h5,7,9-16,19,22-26,31-32,36-39H,6,8,17-18,20-21H2,1-4H3,(H,46,49)(H,47,50)(H,48,53)(H,51,55)/t25?,26-,31?,32?,36+,37-,38?,39+/m1/s1. The second kappa shape index (κ2) is 16.3. The monoisotopic (exact) mass is 770 g/mol. The van der Waals surface area contributed by atoms with Crippen LogP contribution in [-0.2, 0) is 19.1 Å². The predicted molar refractivity (Wildman–Crippen MR) is 214 cm³/mol. The molecule has 4 N–H and O–H groups in total. The fraction of sp³-hybridized carbons (Fsp3) is 0.409. The number of amides is 3. The number of alkyl carbamates (subject to hydrolysis) is 1. The maximum absolute atomic E-state index is 13.7. The third-order valence-corrected chi connectivity index (χ3v) is 12.4. The third kappa shape index (κ3) is 7.68. The number of carbonyl (C=O) groups is 3. The van der Waals surface area contributed by atoms with E-state index in [-0.39, 0.29) is 35.7 Å². The van der Waals surface area contributed by atoms with Gasteiger partial charge < -0.3 is 35.0 Å². The van der Waals surface area contributed by atoms with Gasteiger partial charge in [0, 0.05) is 32.0 Å². The zero-order chi connectivity index (χ0) is 39.6. The van der Waals surface area contributed by atoms with Crippen molar-refractivity contribution in [3.05, 3.63) is 103 Å². The van der Waals surface area contributed by atoms with Gasteiger partial charge in [-0.1, -0.05) is 54.6 Å². The molecule has 0 radical (unpaired) electrons. The summed E-state index contributed by atoms with van der Waals surface area (Å²) in [7, 11) is 2.77. The van der Waals surface area contributed by atoms with Crippen LogP contribution in [0.2, 0.25) is 0 Å². The van der Waals surface area contributed by atoms with Crippen molar-refractivity contribution in [2.45, 2.75) is 76.1 Å². The van der Waals surface area contributed by atoms with Crippen molar-refractivity contribution in [1.82, 2.24) is 40.5 Å². The van der Waals surface area contributed by atoms with Gasteiger partial charge in [0.25, 0.3) is 0 Å². The Kier molecular flexibility index (Phi) is 10.9. The van der Waals surface area contributed by atoms with E-state index in [1.54, 1.807) is 24.2 Å². The zero-order valence-electron chi connectivity index (χ0n) is 32.8. The molecule has 2 aromatic carbocycles. The lowest BCUT2D eigenvalue weighted by molar-refractivity contribution is -0.137. The second-order valence-corrected chi connectivity index (χ2v) is 15.7. The van der Waals surface area contributed by atoms with Gasteiger partial charge in [-0.3, -0.25) is 14.6 Å². The molecule has 1 saturated heterocycles. The first-order valence-corrected chi connectivity index (χ1v) is 19.9. The van der Waals surface area contributed by atoms with Crippen molar-refractivity contribution in [2.75, 3.05) is 20.8 Å². The van der Waals surface area contributed by atoms with Crippen molar-refractivity contribution < 1.29 is 23.9 Å². The molecule has 5 aromatic rings. The Morgan fingerprint density at radius 1 is 0.789 bits per heavy atom. The summed E-state index contributed by atoms with van der Waals surface area (Å²) in [6, 6.07) is 19.4. The summed E-state index contributed by atoms with van der Waals surface area (Å²) in [5, 5.41) is 5.90. The van der Waals surface area contributed by atoms with Crippen LogP contribution >= 0.6 is 0 Å². The highest BCUT2D eigenvalue weighted by atomic mass is 16.5. The molecule has 2 bridgehead atoms. The van der Waals surface area contributed by atoms with Crippen LogP contribution in [0.25, 0.3) is 33.6 Å². The van der Waals surface area contributed by atoms with E-state index in [0.29, 0.717) is 24.2 Å². The molecule has 3 aromatic heterocycles. The molecule has 2 saturated carbocycles. The Hall–Kier alpha value is -5.82. The number of aromatic amines is 2. The van der Waals surface area contributed by atoms with E-state index < -0.39 is 18.2 Å². The van der Waals surface area contributed by atoms with Gasteiger partial charge in [-0.2, -0.15) is 0 Å². The molecular formula is C44H50N8O5. The van der Waals surface area contributed by atoms with Crippen LogP contribution in [0.5, 0.6) is 0 Å². The van der Waals surface area contributed by atoms with E-state index in [1.807, 2.05) is 31.5 Å². The first-order chi connectivity index (χ1) is 27.7. The number of nitrogens with zero attached hydrogens (tertiary/aromatic N) is 4. The molecular weight excluding hydrogens is 721 g/mol. The Bertz CT molecular complexity index is 2190. The maximum atomic E-state index is 13.7. The fourth-order valence-electron chi connectivity index (χ4n) is 9.27. The molecule has 57 heavy (non-hydrogen) atoms. The Morgan fingerprint density at radius 2 is 1.42 bits per heavy atom. The van der Waals surface area contributed by atoms with Gasteiger partial charge in [0.05, 0.1) is 55.0 Å². The molecule has 3 amide bonds. The summed E-state index contributed by atoms with van der Waals surface area (Å²) < 4.78 is 10.2. The highest BCUT2D eigenvalue weighted by Gasteiger charge is 2.52. The highest BCUT2D eigenvalue weighted by molar-refractivity contribution is 5.87. The third-order valence-electron chi connectivity index (χ3n) is 12.4. The summed E-state index contributed by atoms with van der Waals surface area (Å²) in [5.41, 5.74) is 6.98. The first-order valence-electron chi connectivity index (χ1n) is 19.9. The van der Waals surface area contributed by atoms with Gasteiger partial charge >= 0.3 is 6.09 Å². The van der Waals surface area contributed by atoms with Crippen LogP contribution in [0, 0.1) is 17.8 Å². The number of fused-ring (bicyclic) bond motifs is 2. The number of imidazole rings is 2. The maximum Gasteiger partial charge on any atom is 0.407 e. The number of rotatable bonds is 12. The van der Waals surface area contributed by atoms with E-state index in [2.05, 4.69) is 79.1 Å². The van der Waals surface area contributed by atoms with Crippen molar-refractivity contribution in [3.8, 4) is 33.6 Å². The van der Waals surface area contributed by atoms with Crippen LogP contribution in [0.3, 0.4) is 0 Å². The van der Waals surface area contributed by atoms with E-state index in [9.17, 15) is 14.4 Å². The lowest BCUT2D eigenvalue weighted by Gasteiger charge is -2.30. The normalized spacial score (nSPS) is 22.9. The summed E-state index contributed by atoms with van der Waals surface area (Å²) in [6.45, 7) is 4.31. The van der Waals surface area contributed by atoms with E-state index >= 15 is 0 Å². The molecule has 4 heterocycles. The smallest absolute Gasteiger partial charge is 0.407 e. The summed E-state index contributed by atoms with van der Waals surface area (Å²) >= 11 is 0. The SMILES string of the molecule is COC(=O)N[C@H](C(=O)N1CCC[C@H]1c1ncc(-c2ccc(-c3ccc(-c4cnc([C@@H]5C6CCC(C6)C5C(=O)NC(C)c5cccnc5)[nH]4)cc3)cc2)[nH]1)[C@@H](C)OC. The van der Waals surface area contributed by atoms with Gasteiger partial charge in [-0.25, -0.2) is 14.8 Å². The number of benzene rings is 2. The molecule has 8 rings (SSSR count). The minimum atomic E-state index is -0.886. The fourth-order valence-corrected chi connectivity index (χ4v) is 9.27. The Balaban J connectivity index is 0.922. The minimum Gasteiger partial charge on any atom is -0.453 e. The molecule has 3 aliphatic rings. The average Bonchev–Trinajstić information content (AvgIpc) is 4.11. The zero-order valence-corrected chi connectivity index (χ0v) is 32.8. The first kappa shape index (κ1) is 38.1. The van der Waals surface area contributed by atoms with Gasteiger partial charge in [0.15, 0.2) is 0 Å². The average molecular weight is 771 g/mol. The van der Waals surface area contributed by atoms with Crippen LogP contribution in [-0.4, -0.2) is 80.6 Å². The molecule has 1 aliphatic heterocycles. The molecule has 13 nitrogen and oxygen atoms in total. The number of ether oxygens (including phenoxy) is 2. The largest absolute Gasteiger partial charge is 0.453 e. The van der Waals surface area contributed by atoms with E-state index in [0.717, 1.165) is 77.1 Å². The summed E-state index contributed by atoms with van der Waals surface area (Å²) in [5.74, 6) is 2.30. The Labute approximate surface area is 332 Å². The number of H-pyrrole nitrogens is 2. The molecule has 0 spiro atoms. The number of likely N-dealkylation sites (tertiary alicyclic amines) is 1. The molecule has 13 heteroatoms. The number of carbonyl (C=O) groups excluding carboxylic acids is 3. The van der Waals surface area contributed by atoms with Gasteiger partial charge in [-0.15, -0.1) is 0 Å². The molecule has 3 fully saturated rings. The van der Waals surface area contributed by atoms with E-state index in [1.165, 1.54) is 14.2 Å². The number of hydrogen-bond donors (Lipinski definition) is 4. The number of pyridine rings is 1. The molecule has 2 aliphatic carbocycles. The van der Waals surface area contributed by atoms with Crippen molar-refractivity contribution in [1.29, 1.82) is 0 Å². The molecule has 296 valence electrons. The summed E-state index contributed by atoms with van der Waals surface area (Å²) in [6.07, 6.45) is 10.9. The number of aromatic nitrogens is 5. The summed E-state index contributed by atoms with van der Waals surface area (Å²) in [4.78, 5) is 61.9. The Morgan fingerprint density at radius 3 is 2.05 bits per heavy atom. The van der Waals surface area contributed by atoms with E-state index in [4.69, 9.17) is 14.5 Å². The number of hydrogen-bond acceptors (Lipinski definition) is 8. The number of methoxy groups -OCH3 is 2. The van der Waals surface area contributed by atoms with Crippen LogP contribution in [0.1, 0.15) is 81.2 Å². The van der Waals surface area contributed by atoms with Gasteiger partial charge in [0.1, 0.15) is 17.7 Å². The van der Waals surface area contributed by atoms with Crippen molar-refractivity contribution in [2.24, 2.45) is 17.8 Å². The quantitative estimate of drug-likeness (QED) is 0.106. The van der Waals surface area contributed by atoms with Crippen LogP contribution in [0.15, 0.2) is 85.5 Å². The minimum absolute atomic E-state index is 0.0781. The lowest BCUT2D eigenvalue weighted by atomic mass is 9.78. The lowest BCUT2D eigenvalue weighted by Crippen LogP contribution is -2.54. The van der Waals surface area contributed by atoms with Gasteiger partial charge in [-0.05, 0) is 91.7 Å². The van der Waals surface area contributed by atoms with Crippen LogP contribution < -0.4 is 10.6 Å².